The number of para-hydroxylation sites is 1. The maximum Gasteiger partial charge on any atom is 0.233 e. The summed E-state index contributed by atoms with van der Waals surface area (Å²) in [6.45, 7) is 4.35. The van der Waals surface area contributed by atoms with Crippen molar-refractivity contribution in [3.63, 3.8) is 0 Å². The molecule has 0 aliphatic rings. The minimum atomic E-state index is -0.330. The molecule has 2 N–H and O–H groups in total. The quantitative estimate of drug-likeness (QED) is 0.758. The number of benzene rings is 2. The van der Waals surface area contributed by atoms with E-state index in [0.717, 1.165) is 28.8 Å². The molecule has 0 bridgehead atoms. The molecule has 0 aliphatic heterocycles. The Balaban J connectivity index is 1.80. The Labute approximate surface area is 147 Å². The Kier molecular flexibility index (Phi) is 6.69. The van der Waals surface area contributed by atoms with E-state index in [0.29, 0.717) is 13.0 Å². The number of carbonyl (C=O) groups excluding carboxylic acids is 2. The van der Waals surface area contributed by atoms with Gasteiger partial charge in [-0.2, -0.15) is 0 Å². The molecular formula is C20H23FN2O2. The lowest BCUT2D eigenvalue weighted by Gasteiger charge is -2.13. The lowest BCUT2D eigenvalue weighted by atomic mass is 10.1. The third kappa shape index (κ3) is 5.71. The Morgan fingerprint density at radius 2 is 1.76 bits per heavy atom. The van der Waals surface area contributed by atoms with Gasteiger partial charge in [0.1, 0.15) is 12.2 Å². The van der Waals surface area contributed by atoms with Crippen molar-refractivity contribution in [1.29, 1.82) is 0 Å². The van der Waals surface area contributed by atoms with Gasteiger partial charge in [-0.25, -0.2) is 4.39 Å². The van der Waals surface area contributed by atoms with Gasteiger partial charge in [0, 0.05) is 12.2 Å². The van der Waals surface area contributed by atoms with Crippen LogP contribution < -0.4 is 10.6 Å². The van der Waals surface area contributed by atoms with E-state index in [4.69, 9.17) is 0 Å². The second kappa shape index (κ2) is 8.97. The molecule has 0 unspecified atom stereocenters. The zero-order chi connectivity index (χ0) is 18.2. The van der Waals surface area contributed by atoms with Crippen molar-refractivity contribution in [1.82, 2.24) is 5.32 Å². The van der Waals surface area contributed by atoms with Crippen LogP contribution in [0.3, 0.4) is 0 Å². The van der Waals surface area contributed by atoms with Crippen LogP contribution >= 0.6 is 0 Å². The molecule has 0 aliphatic carbocycles. The van der Waals surface area contributed by atoms with Gasteiger partial charge in [0.2, 0.25) is 11.8 Å². The molecule has 2 aromatic carbocycles. The number of anilines is 1. The van der Waals surface area contributed by atoms with Crippen LogP contribution in [0.5, 0.6) is 0 Å². The average molecular weight is 342 g/mol. The molecule has 2 rings (SSSR count). The summed E-state index contributed by atoms with van der Waals surface area (Å²) in [6, 6.07) is 12.0. The zero-order valence-corrected chi connectivity index (χ0v) is 14.6. The summed E-state index contributed by atoms with van der Waals surface area (Å²) in [5.41, 5.74) is 3.74. The van der Waals surface area contributed by atoms with Gasteiger partial charge in [-0.05, 0) is 48.6 Å². The average Bonchev–Trinajstić information content (AvgIpc) is 2.58. The van der Waals surface area contributed by atoms with E-state index >= 15 is 0 Å². The van der Waals surface area contributed by atoms with Gasteiger partial charge in [-0.3, -0.25) is 9.59 Å². The lowest BCUT2D eigenvalue weighted by molar-refractivity contribution is -0.126. The first kappa shape index (κ1) is 18.6. The Bertz CT molecular complexity index is 742. The zero-order valence-electron chi connectivity index (χ0n) is 14.6. The van der Waals surface area contributed by atoms with Gasteiger partial charge in [-0.1, -0.05) is 37.3 Å². The van der Waals surface area contributed by atoms with E-state index in [1.54, 1.807) is 12.1 Å². The van der Waals surface area contributed by atoms with E-state index in [1.807, 2.05) is 32.0 Å². The molecular weight excluding hydrogens is 319 g/mol. The van der Waals surface area contributed by atoms with Gasteiger partial charge >= 0.3 is 0 Å². The number of halogens is 1. The van der Waals surface area contributed by atoms with Crippen LogP contribution in [0.1, 0.15) is 30.0 Å². The first-order valence-corrected chi connectivity index (χ1v) is 8.39. The van der Waals surface area contributed by atoms with E-state index in [-0.39, 0.29) is 24.1 Å². The summed E-state index contributed by atoms with van der Waals surface area (Å²) in [5.74, 6) is -0.943. The molecule has 0 saturated heterocycles. The number of rotatable bonds is 7. The standard InChI is InChI=1S/C20H23FN2O2/c1-3-16-6-4-5-14(2)20(16)23-19(25)13-18(24)22-12-11-15-7-9-17(21)10-8-15/h4-10H,3,11-13H2,1-2H3,(H,22,24)(H,23,25). The maximum atomic E-state index is 12.8. The molecule has 0 atom stereocenters. The smallest absolute Gasteiger partial charge is 0.233 e. The molecule has 0 spiro atoms. The molecule has 0 aromatic heterocycles. The molecule has 0 heterocycles. The number of hydrogen-bond donors (Lipinski definition) is 2. The van der Waals surface area contributed by atoms with Crippen molar-refractivity contribution in [3.05, 3.63) is 65.0 Å². The van der Waals surface area contributed by atoms with Gasteiger partial charge in [0.05, 0.1) is 0 Å². The highest BCUT2D eigenvalue weighted by Gasteiger charge is 2.12. The van der Waals surface area contributed by atoms with E-state index in [1.165, 1.54) is 12.1 Å². The predicted molar refractivity (Wildman–Crippen MR) is 96.9 cm³/mol. The maximum absolute atomic E-state index is 12.8. The van der Waals surface area contributed by atoms with Crippen LogP contribution in [0.2, 0.25) is 0 Å². The molecule has 25 heavy (non-hydrogen) atoms. The molecule has 5 heteroatoms. The molecule has 2 aromatic rings. The summed E-state index contributed by atoms with van der Waals surface area (Å²) in [6.07, 6.45) is 1.17. The van der Waals surface area contributed by atoms with Crippen molar-refractivity contribution in [2.24, 2.45) is 0 Å². The third-order valence-electron chi connectivity index (χ3n) is 3.97. The fraction of sp³-hybridized carbons (Fsp3) is 0.300. The molecule has 2 amide bonds. The van der Waals surface area contributed by atoms with Gasteiger partial charge in [0.15, 0.2) is 0 Å². The highest BCUT2D eigenvalue weighted by Crippen LogP contribution is 2.21. The SMILES string of the molecule is CCc1cccc(C)c1NC(=O)CC(=O)NCCc1ccc(F)cc1. The van der Waals surface area contributed by atoms with Crippen molar-refractivity contribution in [3.8, 4) is 0 Å². The number of hydrogen-bond acceptors (Lipinski definition) is 2. The van der Waals surface area contributed by atoms with Gasteiger partial charge < -0.3 is 10.6 Å². The monoisotopic (exact) mass is 342 g/mol. The lowest BCUT2D eigenvalue weighted by Crippen LogP contribution is -2.30. The highest BCUT2D eigenvalue weighted by molar-refractivity contribution is 6.04. The predicted octanol–water partition coefficient (Wildman–Crippen LogP) is 3.38. The van der Waals surface area contributed by atoms with Crippen LogP contribution in [0.4, 0.5) is 10.1 Å². The van der Waals surface area contributed by atoms with E-state index in [2.05, 4.69) is 10.6 Å². The number of nitrogens with one attached hydrogen (secondary N) is 2. The fourth-order valence-electron chi connectivity index (χ4n) is 2.59. The highest BCUT2D eigenvalue weighted by atomic mass is 19.1. The second-order valence-electron chi connectivity index (χ2n) is 5.91. The molecule has 132 valence electrons. The van der Waals surface area contributed by atoms with Crippen molar-refractivity contribution in [2.75, 3.05) is 11.9 Å². The van der Waals surface area contributed by atoms with Crippen LogP contribution in [0, 0.1) is 12.7 Å². The van der Waals surface area contributed by atoms with Crippen LogP contribution in [0.25, 0.3) is 0 Å². The minimum absolute atomic E-state index is 0.221. The first-order valence-electron chi connectivity index (χ1n) is 8.39. The van der Waals surface area contributed by atoms with Crippen LogP contribution in [-0.2, 0) is 22.4 Å². The molecule has 0 saturated carbocycles. The molecule has 4 nitrogen and oxygen atoms in total. The first-order chi connectivity index (χ1) is 12.0. The summed E-state index contributed by atoms with van der Waals surface area (Å²) in [4.78, 5) is 24.0. The summed E-state index contributed by atoms with van der Waals surface area (Å²) < 4.78 is 12.8. The van der Waals surface area contributed by atoms with E-state index < -0.39 is 0 Å². The summed E-state index contributed by atoms with van der Waals surface area (Å²) in [7, 11) is 0. The molecule has 0 fully saturated rings. The Morgan fingerprint density at radius 1 is 1.04 bits per heavy atom. The Hall–Kier alpha value is -2.69. The van der Waals surface area contributed by atoms with E-state index in [9.17, 15) is 14.0 Å². The fourth-order valence-corrected chi connectivity index (χ4v) is 2.59. The Morgan fingerprint density at radius 3 is 2.44 bits per heavy atom. The van der Waals surface area contributed by atoms with Gasteiger partial charge in [0.25, 0.3) is 0 Å². The summed E-state index contributed by atoms with van der Waals surface area (Å²) >= 11 is 0. The minimum Gasteiger partial charge on any atom is -0.355 e. The second-order valence-corrected chi connectivity index (χ2v) is 5.91. The van der Waals surface area contributed by atoms with Crippen molar-refractivity contribution < 1.29 is 14.0 Å². The largest absolute Gasteiger partial charge is 0.355 e. The normalized spacial score (nSPS) is 10.4. The number of carbonyl (C=O) groups is 2. The molecule has 0 radical (unpaired) electrons. The number of aryl methyl sites for hydroxylation is 2. The topological polar surface area (TPSA) is 58.2 Å². The van der Waals surface area contributed by atoms with Crippen molar-refractivity contribution >= 4 is 17.5 Å². The van der Waals surface area contributed by atoms with Crippen LogP contribution in [-0.4, -0.2) is 18.4 Å². The summed E-state index contributed by atoms with van der Waals surface area (Å²) in [5, 5.41) is 5.55. The van der Waals surface area contributed by atoms with Gasteiger partial charge in [-0.15, -0.1) is 0 Å². The number of amides is 2. The third-order valence-corrected chi connectivity index (χ3v) is 3.97. The van der Waals surface area contributed by atoms with Crippen molar-refractivity contribution in [2.45, 2.75) is 33.1 Å². The van der Waals surface area contributed by atoms with Crippen LogP contribution in [0.15, 0.2) is 42.5 Å².